The van der Waals surface area contributed by atoms with E-state index in [1.54, 1.807) is 26.1 Å². The molecule has 17 heavy (non-hydrogen) atoms. The quantitative estimate of drug-likeness (QED) is 0.878. The van der Waals surface area contributed by atoms with Gasteiger partial charge in [-0.25, -0.2) is 4.39 Å². The van der Waals surface area contributed by atoms with Crippen LogP contribution in [0.1, 0.15) is 16.8 Å². The van der Waals surface area contributed by atoms with E-state index in [2.05, 4.69) is 5.10 Å². The van der Waals surface area contributed by atoms with Crippen LogP contribution in [0.25, 0.3) is 0 Å². The molecular formula is C12H12ClFN2O. The van der Waals surface area contributed by atoms with Crippen molar-refractivity contribution in [1.82, 2.24) is 9.78 Å². The van der Waals surface area contributed by atoms with Gasteiger partial charge < -0.3 is 0 Å². The average Bonchev–Trinajstić information content (AvgIpc) is 2.49. The summed E-state index contributed by atoms with van der Waals surface area (Å²) in [4.78, 5) is 11.8. The number of H-pyrrole nitrogens is 1. The van der Waals surface area contributed by atoms with Crippen LogP contribution in [-0.2, 0) is 13.5 Å². The highest BCUT2D eigenvalue weighted by atomic mass is 35.5. The molecule has 1 heterocycles. The van der Waals surface area contributed by atoms with E-state index < -0.39 is 0 Å². The highest BCUT2D eigenvalue weighted by Crippen LogP contribution is 2.21. The first-order chi connectivity index (χ1) is 8.00. The van der Waals surface area contributed by atoms with Crippen LogP contribution in [0, 0.1) is 12.7 Å². The van der Waals surface area contributed by atoms with Crippen molar-refractivity contribution in [3.63, 3.8) is 0 Å². The van der Waals surface area contributed by atoms with Gasteiger partial charge in [0.2, 0.25) is 0 Å². The van der Waals surface area contributed by atoms with Crippen molar-refractivity contribution in [2.45, 2.75) is 13.3 Å². The number of halogens is 2. The van der Waals surface area contributed by atoms with Crippen LogP contribution in [0.2, 0.25) is 5.02 Å². The zero-order valence-electron chi connectivity index (χ0n) is 9.55. The molecule has 3 nitrogen and oxygen atoms in total. The number of rotatable bonds is 2. The van der Waals surface area contributed by atoms with Gasteiger partial charge in [0.05, 0.1) is 0 Å². The number of aryl methyl sites for hydroxylation is 2. The minimum absolute atomic E-state index is 0.151. The fraction of sp³-hybridized carbons (Fsp3) is 0.250. The summed E-state index contributed by atoms with van der Waals surface area (Å²) in [6.45, 7) is 1.78. The predicted octanol–water partition coefficient (Wildman–Crippen LogP) is 2.41. The second kappa shape index (κ2) is 4.37. The topological polar surface area (TPSA) is 37.8 Å². The average molecular weight is 255 g/mol. The Labute approximate surface area is 103 Å². The number of hydrogen-bond acceptors (Lipinski definition) is 1. The standard InChI is InChI=1S/C12H12ClFN2O/c1-7-8(12(17)16(2)15-7)6-9-10(13)4-3-5-11(9)14/h3-5,15H,6H2,1-2H3. The van der Waals surface area contributed by atoms with Gasteiger partial charge in [0, 0.05) is 35.3 Å². The lowest BCUT2D eigenvalue weighted by Crippen LogP contribution is -2.16. The zero-order valence-corrected chi connectivity index (χ0v) is 10.3. The zero-order chi connectivity index (χ0) is 12.6. The Balaban J connectivity index is 2.49. The van der Waals surface area contributed by atoms with Crippen molar-refractivity contribution in [3.05, 3.63) is 56.2 Å². The van der Waals surface area contributed by atoms with Crippen molar-refractivity contribution < 1.29 is 4.39 Å². The summed E-state index contributed by atoms with van der Waals surface area (Å²) in [5.74, 6) is -0.389. The van der Waals surface area contributed by atoms with Crippen molar-refractivity contribution in [2.75, 3.05) is 0 Å². The Morgan fingerprint density at radius 2 is 2.12 bits per heavy atom. The molecule has 0 aliphatic heterocycles. The molecule has 0 radical (unpaired) electrons. The van der Waals surface area contributed by atoms with Gasteiger partial charge in [-0.3, -0.25) is 14.6 Å². The predicted molar refractivity (Wildman–Crippen MR) is 65.0 cm³/mol. The molecule has 0 aliphatic carbocycles. The fourth-order valence-corrected chi connectivity index (χ4v) is 2.05. The molecule has 0 bridgehead atoms. The molecule has 0 saturated carbocycles. The Bertz CT molecular complexity index is 595. The maximum atomic E-state index is 13.6. The molecule has 0 atom stereocenters. The molecule has 0 unspecified atom stereocenters. The van der Waals surface area contributed by atoms with Gasteiger partial charge in [-0.1, -0.05) is 17.7 Å². The summed E-state index contributed by atoms with van der Waals surface area (Å²) in [5.41, 5.74) is 1.48. The molecule has 0 amide bonds. The third kappa shape index (κ3) is 2.13. The summed E-state index contributed by atoms with van der Waals surface area (Å²) in [5, 5.41) is 3.21. The molecule has 0 aliphatic rings. The van der Waals surface area contributed by atoms with Crippen molar-refractivity contribution >= 4 is 11.6 Å². The molecule has 1 aromatic carbocycles. The fourth-order valence-electron chi connectivity index (χ4n) is 1.82. The van der Waals surface area contributed by atoms with Crippen LogP contribution in [0.3, 0.4) is 0 Å². The molecule has 90 valence electrons. The highest BCUT2D eigenvalue weighted by molar-refractivity contribution is 6.31. The number of aromatic nitrogens is 2. The maximum Gasteiger partial charge on any atom is 0.269 e. The monoisotopic (exact) mass is 254 g/mol. The molecule has 5 heteroatoms. The number of hydrogen-bond donors (Lipinski definition) is 1. The summed E-state index contributed by atoms with van der Waals surface area (Å²) in [7, 11) is 1.63. The Morgan fingerprint density at radius 3 is 2.65 bits per heavy atom. The van der Waals surface area contributed by atoms with E-state index in [0.717, 1.165) is 5.69 Å². The first kappa shape index (κ1) is 11.9. The number of benzene rings is 1. The van der Waals surface area contributed by atoms with Crippen molar-refractivity contribution in [1.29, 1.82) is 0 Å². The third-order valence-electron chi connectivity index (χ3n) is 2.77. The molecule has 2 aromatic rings. The smallest absolute Gasteiger partial charge is 0.269 e. The Kier molecular flexibility index (Phi) is 3.07. The van der Waals surface area contributed by atoms with E-state index in [9.17, 15) is 9.18 Å². The molecule has 1 N–H and O–H groups in total. The molecule has 0 fully saturated rings. The van der Waals surface area contributed by atoms with E-state index in [1.807, 2.05) is 0 Å². The van der Waals surface area contributed by atoms with E-state index >= 15 is 0 Å². The van der Waals surface area contributed by atoms with Crippen molar-refractivity contribution in [3.8, 4) is 0 Å². The van der Waals surface area contributed by atoms with E-state index in [-0.39, 0.29) is 17.8 Å². The Hall–Kier alpha value is -1.55. The second-order valence-electron chi connectivity index (χ2n) is 3.96. The normalized spacial score (nSPS) is 10.8. The van der Waals surface area contributed by atoms with E-state index in [0.29, 0.717) is 16.1 Å². The summed E-state index contributed by atoms with van der Waals surface area (Å²) >= 11 is 5.93. The van der Waals surface area contributed by atoms with Gasteiger partial charge in [0.25, 0.3) is 5.56 Å². The molecule has 1 aromatic heterocycles. The minimum Gasteiger partial charge on any atom is -0.300 e. The lowest BCUT2D eigenvalue weighted by molar-refractivity contribution is 0.613. The van der Waals surface area contributed by atoms with Crippen molar-refractivity contribution in [2.24, 2.45) is 7.05 Å². The van der Waals surface area contributed by atoms with Gasteiger partial charge in [0.1, 0.15) is 5.82 Å². The van der Waals surface area contributed by atoms with Crippen LogP contribution >= 0.6 is 11.6 Å². The lowest BCUT2D eigenvalue weighted by Gasteiger charge is -2.04. The summed E-state index contributed by atoms with van der Waals surface area (Å²) < 4.78 is 15.0. The van der Waals surface area contributed by atoms with E-state index in [4.69, 9.17) is 11.6 Å². The molecular weight excluding hydrogens is 243 g/mol. The first-order valence-corrected chi connectivity index (χ1v) is 5.56. The minimum atomic E-state index is -0.389. The van der Waals surface area contributed by atoms with Gasteiger partial charge in [-0.2, -0.15) is 0 Å². The van der Waals surface area contributed by atoms with Gasteiger partial charge in [-0.15, -0.1) is 0 Å². The third-order valence-corrected chi connectivity index (χ3v) is 3.12. The molecule has 2 rings (SSSR count). The van der Waals surface area contributed by atoms with Gasteiger partial charge in [0.15, 0.2) is 0 Å². The number of aromatic amines is 1. The largest absolute Gasteiger partial charge is 0.300 e. The number of nitrogens with one attached hydrogen (secondary N) is 1. The van der Waals surface area contributed by atoms with Crippen LogP contribution < -0.4 is 5.56 Å². The molecule has 0 saturated heterocycles. The summed E-state index contributed by atoms with van der Waals surface area (Å²) in [6.07, 6.45) is 0.202. The van der Waals surface area contributed by atoms with Crippen LogP contribution in [0.4, 0.5) is 4.39 Å². The number of nitrogens with zero attached hydrogens (tertiary/aromatic N) is 1. The SMILES string of the molecule is Cc1[nH]n(C)c(=O)c1Cc1c(F)cccc1Cl. The highest BCUT2D eigenvalue weighted by Gasteiger charge is 2.14. The summed E-state index contributed by atoms with van der Waals surface area (Å²) in [6, 6.07) is 4.50. The van der Waals surface area contributed by atoms with Gasteiger partial charge >= 0.3 is 0 Å². The lowest BCUT2D eigenvalue weighted by atomic mass is 10.1. The van der Waals surface area contributed by atoms with Crippen LogP contribution in [0.5, 0.6) is 0 Å². The van der Waals surface area contributed by atoms with Gasteiger partial charge in [-0.05, 0) is 19.1 Å². The van der Waals surface area contributed by atoms with Crippen LogP contribution in [0.15, 0.2) is 23.0 Å². The first-order valence-electron chi connectivity index (χ1n) is 5.18. The second-order valence-corrected chi connectivity index (χ2v) is 4.36. The molecule has 0 spiro atoms. The van der Waals surface area contributed by atoms with Crippen LogP contribution in [-0.4, -0.2) is 9.78 Å². The van der Waals surface area contributed by atoms with E-state index in [1.165, 1.54) is 10.7 Å². The maximum absolute atomic E-state index is 13.6. The Morgan fingerprint density at radius 1 is 1.41 bits per heavy atom.